The molecular formula is C19H24FN3O2. The number of oxime groups is 1. The minimum atomic E-state index is -1.01. The van der Waals surface area contributed by atoms with Gasteiger partial charge in [0.15, 0.2) is 0 Å². The third-order valence-electron chi connectivity index (χ3n) is 4.83. The predicted octanol–water partition coefficient (Wildman–Crippen LogP) is 2.48. The van der Waals surface area contributed by atoms with Gasteiger partial charge in [0.25, 0.3) is 5.91 Å². The normalized spacial score (nSPS) is 24.5. The second-order valence-electron chi connectivity index (χ2n) is 6.88. The Bertz CT molecular complexity index is 666. The average Bonchev–Trinajstić information content (AvgIpc) is 3.01. The van der Waals surface area contributed by atoms with Crippen molar-refractivity contribution in [3.8, 4) is 0 Å². The molecule has 0 bridgehead atoms. The van der Waals surface area contributed by atoms with Gasteiger partial charge in [0.2, 0.25) is 5.60 Å². The van der Waals surface area contributed by atoms with Crippen molar-refractivity contribution in [3.63, 3.8) is 0 Å². The van der Waals surface area contributed by atoms with E-state index in [1.165, 1.54) is 12.1 Å². The van der Waals surface area contributed by atoms with Crippen LogP contribution in [-0.2, 0) is 9.63 Å². The second kappa shape index (κ2) is 7.35. The molecule has 134 valence electrons. The van der Waals surface area contributed by atoms with E-state index < -0.39 is 5.60 Å². The maximum Gasteiger partial charge on any atom is 0.267 e. The summed E-state index contributed by atoms with van der Waals surface area (Å²) in [5.41, 5.74) is 0.427. The van der Waals surface area contributed by atoms with E-state index in [4.69, 9.17) is 4.84 Å². The van der Waals surface area contributed by atoms with E-state index in [2.05, 4.69) is 22.0 Å². The SMILES string of the molecule is C=CCN1CCC(NC(=O)[C@@]2(C)CC(c3ccc(F)cc3)=NO2)CC1. The van der Waals surface area contributed by atoms with Crippen molar-refractivity contribution in [1.82, 2.24) is 10.2 Å². The molecule has 0 aliphatic carbocycles. The molecule has 5 nitrogen and oxygen atoms in total. The molecule has 1 amide bonds. The number of nitrogens with one attached hydrogen (secondary N) is 1. The number of hydrogen-bond donors (Lipinski definition) is 1. The van der Waals surface area contributed by atoms with Gasteiger partial charge in [-0.05, 0) is 37.5 Å². The lowest BCUT2D eigenvalue weighted by Crippen LogP contribution is -2.51. The fourth-order valence-electron chi connectivity index (χ4n) is 3.24. The van der Waals surface area contributed by atoms with Gasteiger partial charge >= 0.3 is 0 Å². The molecule has 0 aromatic heterocycles. The summed E-state index contributed by atoms with van der Waals surface area (Å²) in [4.78, 5) is 20.5. The fourth-order valence-corrected chi connectivity index (χ4v) is 3.24. The Balaban J connectivity index is 1.55. The molecule has 0 radical (unpaired) electrons. The monoisotopic (exact) mass is 345 g/mol. The molecule has 2 aliphatic heterocycles. The first-order chi connectivity index (χ1) is 12.0. The molecule has 6 heteroatoms. The lowest BCUT2D eigenvalue weighted by molar-refractivity contribution is -0.142. The van der Waals surface area contributed by atoms with Crippen molar-refractivity contribution < 1.29 is 14.0 Å². The van der Waals surface area contributed by atoms with E-state index in [9.17, 15) is 9.18 Å². The smallest absolute Gasteiger partial charge is 0.267 e. The van der Waals surface area contributed by atoms with Crippen LogP contribution in [0.3, 0.4) is 0 Å². The van der Waals surface area contributed by atoms with Gasteiger partial charge in [-0.1, -0.05) is 23.4 Å². The van der Waals surface area contributed by atoms with Crippen molar-refractivity contribution in [2.75, 3.05) is 19.6 Å². The summed E-state index contributed by atoms with van der Waals surface area (Å²) in [5.74, 6) is -0.443. The summed E-state index contributed by atoms with van der Waals surface area (Å²) in [6, 6.07) is 6.21. The van der Waals surface area contributed by atoms with Crippen LogP contribution in [0.25, 0.3) is 0 Å². The quantitative estimate of drug-likeness (QED) is 0.834. The lowest BCUT2D eigenvalue weighted by Gasteiger charge is -2.33. The molecule has 1 atom stereocenters. The fraction of sp³-hybridized carbons (Fsp3) is 0.474. The van der Waals surface area contributed by atoms with Gasteiger partial charge in [0.1, 0.15) is 5.82 Å². The standard InChI is InChI=1S/C19H24FN3O2/c1-3-10-23-11-8-16(9-12-23)21-18(24)19(2)13-17(22-25-19)14-4-6-15(20)7-5-14/h3-7,16H,1,8-13H2,2H3,(H,21,24)/t19-/m1/s1. The number of carbonyl (C=O) groups excluding carboxylic acids is 1. The first-order valence-corrected chi connectivity index (χ1v) is 8.65. The number of rotatable bonds is 5. The van der Waals surface area contributed by atoms with Gasteiger partial charge in [0, 0.05) is 32.1 Å². The number of amides is 1. The first-order valence-electron chi connectivity index (χ1n) is 8.65. The highest BCUT2D eigenvalue weighted by Gasteiger charge is 2.43. The molecule has 0 spiro atoms. The molecular weight excluding hydrogens is 321 g/mol. The van der Waals surface area contributed by atoms with Crippen LogP contribution in [0.1, 0.15) is 31.7 Å². The molecule has 25 heavy (non-hydrogen) atoms. The zero-order valence-electron chi connectivity index (χ0n) is 14.5. The summed E-state index contributed by atoms with van der Waals surface area (Å²) >= 11 is 0. The Kier molecular flexibility index (Phi) is 5.18. The van der Waals surface area contributed by atoms with Gasteiger partial charge < -0.3 is 10.2 Å². The summed E-state index contributed by atoms with van der Waals surface area (Å²) in [6.07, 6.45) is 4.11. The van der Waals surface area contributed by atoms with Gasteiger partial charge in [-0.15, -0.1) is 6.58 Å². The zero-order chi connectivity index (χ0) is 17.9. The van der Waals surface area contributed by atoms with E-state index >= 15 is 0 Å². The Morgan fingerprint density at radius 1 is 1.44 bits per heavy atom. The topological polar surface area (TPSA) is 53.9 Å². The van der Waals surface area contributed by atoms with Crippen LogP contribution < -0.4 is 5.32 Å². The third kappa shape index (κ3) is 4.07. The predicted molar refractivity (Wildman–Crippen MR) is 94.8 cm³/mol. The van der Waals surface area contributed by atoms with Crippen LogP contribution in [0.4, 0.5) is 4.39 Å². The molecule has 0 unspecified atom stereocenters. The van der Waals surface area contributed by atoms with Crippen molar-refractivity contribution in [2.45, 2.75) is 37.8 Å². The summed E-state index contributed by atoms with van der Waals surface area (Å²) < 4.78 is 13.0. The Morgan fingerprint density at radius 3 is 2.76 bits per heavy atom. The number of halogens is 1. The highest BCUT2D eigenvalue weighted by atomic mass is 19.1. The second-order valence-corrected chi connectivity index (χ2v) is 6.88. The van der Waals surface area contributed by atoms with Crippen LogP contribution in [0, 0.1) is 5.82 Å². The third-order valence-corrected chi connectivity index (χ3v) is 4.83. The average molecular weight is 345 g/mol. The molecule has 1 aromatic rings. The van der Waals surface area contributed by atoms with Gasteiger partial charge in [-0.25, -0.2) is 4.39 Å². The maximum absolute atomic E-state index is 13.0. The van der Waals surface area contributed by atoms with E-state index in [1.54, 1.807) is 19.1 Å². The number of benzene rings is 1. The molecule has 3 rings (SSSR count). The summed E-state index contributed by atoms with van der Waals surface area (Å²) in [6.45, 7) is 8.29. The number of hydrogen-bond acceptors (Lipinski definition) is 4. The minimum Gasteiger partial charge on any atom is -0.379 e. The maximum atomic E-state index is 13.0. The lowest BCUT2D eigenvalue weighted by atomic mass is 9.94. The van der Waals surface area contributed by atoms with Crippen molar-refractivity contribution in [2.24, 2.45) is 5.16 Å². The molecule has 1 saturated heterocycles. The van der Waals surface area contributed by atoms with Crippen molar-refractivity contribution >= 4 is 11.6 Å². The van der Waals surface area contributed by atoms with Crippen LogP contribution in [0.2, 0.25) is 0 Å². The van der Waals surface area contributed by atoms with E-state index in [0.29, 0.717) is 12.1 Å². The zero-order valence-corrected chi connectivity index (χ0v) is 14.5. The molecule has 2 aliphatic rings. The first kappa shape index (κ1) is 17.6. The number of carbonyl (C=O) groups is 1. The molecule has 1 aromatic carbocycles. The van der Waals surface area contributed by atoms with Gasteiger partial charge in [-0.2, -0.15) is 0 Å². The highest BCUT2D eigenvalue weighted by Crippen LogP contribution is 2.27. The van der Waals surface area contributed by atoms with Crippen LogP contribution in [-0.4, -0.2) is 47.8 Å². The summed E-state index contributed by atoms with van der Waals surface area (Å²) in [7, 11) is 0. The molecule has 0 saturated carbocycles. The van der Waals surface area contributed by atoms with E-state index in [0.717, 1.165) is 38.0 Å². The Hall–Kier alpha value is -2.21. The van der Waals surface area contributed by atoms with Gasteiger partial charge in [-0.3, -0.25) is 9.69 Å². The van der Waals surface area contributed by atoms with Crippen LogP contribution >= 0.6 is 0 Å². The van der Waals surface area contributed by atoms with E-state index in [-0.39, 0.29) is 17.8 Å². The van der Waals surface area contributed by atoms with E-state index in [1.807, 2.05) is 6.08 Å². The molecule has 1 N–H and O–H groups in total. The van der Waals surface area contributed by atoms with Gasteiger partial charge in [0.05, 0.1) is 5.71 Å². The highest BCUT2D eigenvalue weighted by molar-refractivity contribution is 6.05. The number of likely N-dealkylation sites (tertiary alicyclic amines) is 1. The Labute approximate surface area is 147 Å². The van der Waals surface area contributed by atoms with Crippen molar-refractivity contribution in [1.29, 1.82) is 0 Å². The van der Waals surface area contributed by atoms with Crippen molar-refractivity contribution in [3.05, 3.63) is 48.3 Å². The summed E-state index contributed by atoms with van der Waals surface area (Å²) in [5, 5.41) is 7.15. The van der Waals surface area contributed by atoms with Crippen LogP contribution in [0.15, 0.2) is 42.1 Å². The number of nitrogens with zero attached hydrogens (tertiary/aromatic N) is 2. The largest absolute Gasteiger partial charge is 0.379 e. The number of piperidine rings is 1. The molecule has 2 heterocycles. The Morgan fingerprint density at radius 2 is 2.12 bits per heavy atom. The minimum absolute atomic E-state index is 0.143. The molecule has 1 fully saturated rings. The van der Waals surface area contributed by atoms with Crippen LogP contribution in [0.5, 0.6) is 0 Å².